The number of thiophene rings is 1. The quantitative estimate of drug-likeness (QED) is 0.705. The Labute approximate surface area is 117 Å². The molecule has 3 rings (SSSR count). The summed E-state index contributed by atoms with van der Waals surface area (Å²) in [5.41, 5.74) is 3.38. The molecular weight excluding hydrogens is 252 g/mol. The van der Waals surface area contributed by atoms with Crippen LogP contribution in [-0.4, -0.2) is 5.78 Å². The van der Waals surface area contributed by atoms with Gasteiger partial charge in [-0.05, 0) is 53.5 Å². The molecule has 0 radical (unpaired) electrons. The molecule has 1 aromatic carbocycles. The lowest BCUT2D eigenvalue weighted by Crippen LogP contribution is -2.08. The van der Waals surface area contributed by atoms with Crippen molar-refractivity contribution >= 4 is 23.2 Å². The number of allylic oxidation sites excluding steroid dienone is 1. The van der Waals surface area contributed by atoms with Gasteiger partial charge in [-0.2, -0.15) is 0 Å². The van der Waals surface area contributed by atoms with Gasteiger partial charge >= 0.3 is 0 Å². The summed E-state index contributed by atoms with van der Waals surface area (Å²) in [7, 11) is 0. The molecule has 0 unspecified atom stereocenters. The Hall–Kier alpha value is -1.67. The minimum Gasteiger partial charge on any atom is -0.295 e. The topological polar surface area (TPSA) is 17.1 Å². The maximum Gasteiger partial charge on any atom is 0.158 e. The van der Waals surface area contributed by atoms with E-state index in [-0.39, 0.29) is 0 Å². The van der Waals surface area contributed by atoms with Gasteiger partial charge in [0, 0.05) is 11.3 Å². The summed E-state index contributed by atoms with van der Waals surface area (Å²) in [6.45, 7) is 0. The minimum absolute atomic E-state index is 0.326. The van der Waals surface area contributed by atoms with Crippen LogP contribution in [0.5, 0.6) is 0 Å². The van der Waals surface area contributed by atoms with Crippen LogP contribution in [0.2, 0.25) is 0 Å². The monoisotopic (exact) mass is 268 g/mol. The highest BCUT2D eigenvalue weighted by Crippen LogP contribution is 2.31. The van der Waals surface area contributed by atoms with Crippen LogP contribution >= 0.6 is 11.3 Å². The van der Waals surface area contributed by atoms with E-state index in [0.29, 0.717) is 12.2 Å². The average Bonchev–Trinajstić information content (AvgIpc) is 2.96. The van der Waals surface area contributed by atoms with Crippen LogP contribution in [0.4, 0.5) is 0 Å². The van der Waals surface area contributed by atoms with E-state index < -0.39 is 0 Å². The number of Topliss-reactive ketones (excluding diaryl/α,β-unsaturated/α-hetero) is 1. The second kappa shape index (κ2) is 5.54. The van der Waals surface area contributed by atoms with Crippen LogP contribution in [0.25, 0.3) is 16.5 Å². The standard InChI is InChI=1S/C17H16OS/c18-16-9-4-2-7-14(16)12-13-6-1-3-8-15(13)17-10-5-11-19-17/h1,3,5-6,8,10-12H,2,4,7,9H2/b14-12+. The van der Waals surface area contributed by atoms with Crippen molar-refractivity contribution in [1.29, 1.82) is 0 Å². The molecule has 1 nitrogen and oxygen atoms in total. The van der Waals surface area contributed by atoms with Crippen molar-refractivity contribution in [3.63, 3.8) is 0 Å². The fourth-order valence-corrected chi connectivity index (χ4v) is 3.29. The molecule has 2 aromatic rings. The van der Waals surface area contributed by atoms with Gasteiger partial charge in [0.1, 0.15) is 0 Å². The van der Waals surface area contributed by atoms with Gasteiger partial charge in [-0.1, -0.05) is 30.3 Å². The highest BCUT2D eigenvalue weighted by Gasteiger charge is 2.15. The molecule has 0 atom stereocenters. The third kappa shape index (κ3) is 2.69. The van der Waals surface area contributed by atoms with Gasteiger partial charge in [-0.3, -0.25) is 4.79 Å². The molecule has 2 heteroatoms. The zero-order chi connectivity index (χ0) is 13.1. The number of rotatable bonds is 2. The van der Waals surface area contributed by atoms with E-state index in [1.54, 1.807) is 11.3 Å². The molecule has 1 saturated carbocycles. The smallest absolute Gasteiger partial charge is 0.158 e. The molecular formula is C17H16OS. The summed E-state index contributed by atoms with van der Waals surface area (Å²) < 4.78 is 0. The van der Waals surface area contributed by atoms with Crippen LogP contribution in [0.15, 0.2) is 47.4 Å². The molecule has 96 valence electrons. The third-order valence-corrected chi connectivity index (χ3v) is 4.44. The number of carbonyl (C=O) groups excluding carboxylic acids is 1. The van der Waals surface area contributed by atoms with E-state index in [1.165, 1.54) is 10.4 Å². The van der Waals surface area contributed by atoms with Crippen LogP contribution in [-0.2, 0) is 4.79 Å². The lowest BCUT2D eigenvalue weighted by Gasteiger charge is -2.13. The minimum atomic E-state index is 0.326. The Morgan fingerprint density at radius 1 is 1.00 bits per heavy atom. The molecule has 1 aliphatic rings. The first-order chi connectivity index (χ1) is 9.34. The van der Waals surface area contributed by atoms with Crippen molar-refractivity contribution in [1.82, 2.24) is 0 Å². The van der Waals surface area contributed by atoms with E-state index in [1.807, 2.05) is 6.07 Å². The second-order valence-electron chi connectivity index (χ2n) is 4.86. The van der Waals surface area contributed by atoms with Crippen molar-refractivity contribution < 1.29 is 4.79 Å². The molecule has 0 amide bonds. The molecule has 19 heavy (non-hydrogen) atoms. The Kier molecular flexibility index (Phi) is 3.60. The molecule has 1 heterocycles. The Balaban J connectivity index is 2.01. The van der Waals surface area contributed by atoms with Gasteiger partial charge in [0.15, 0.2) is 5.78 Å². The third-order valence-electron chi connectivity index (χ3n) is 3.54. The predicted octanol–water partition coefficient (Wildman–Crippen LogP) is 4.94. The van der Waals surface area contributed by atoms with Crippen molar-refractivity contribution in [3.05, 3.63) is 52.9 Å². The van der Waals surface area contributed by atoms with Gasteiger partial charge in [-0.15, -0.1) is 11.3 Å². The van der Waals surface area contributed by atoms with E-state index in [2.05, 4.69) is 41.8 Å². The first-order valence-corrected chi connectivity index (χ1v) is 7.59. The fourth-order valence-electron chi connectivity index (χ4n) is 2.52. The van der Waals surface area contributed by atoms with E-state index in [9.17, 15) is 4.79 Å². The van der Waals surface area contributed by atoms with Crippen LogP contribution < -0.4 is 0 Å². The first kappa shape index (κ1) is 12.4. The summed E-state index contributed by atoms with van der Waals surface area (Å²) >= 11 is 1.74. The Morgan fingerprint density at radius 2 is 1.84 bits per heavy atom. The molecule has 0 N–H and O–H groups in total. The number of ketones is 1. The molecule has 0 saturated heterocycles. The molecule has 0 bridgehead atoms. The molecule has 1 fully saturated rings. The summed E-state index contributed by atoms with van der Waals surface area (Å²) in [5, 5.41) is 2.09. The normalized spacial score (nSPS) is 17.9. The van der Waals surface area contributed by atoms with Gasteiger partial charge < -0.3 is 0 Å². The number of carbonyl (C=O) groups is 1. The van der Waals surface area contributed by atoms with Crippen molar-refractivity contribution in [2.45, 2.75) is 25.7 Å². The fraction of sp³-hybridized carbons (Fsp3) is 0.235. The van der Waals surface area contributed by atoms with Crippen LogP contribution in [0.1, 0.15) is 31.2 Å². The summed E-state index contributed by atoms with van der Waals surface area (Å²) in [5.74, 6) is 0.326. The number of hydrogen-bond acceptors (Lipinski definition) is 2. The first-order valence-electron chi connectivity index (χ1n) is 6.71. The van der Waals surface area contributed by atoms with Gasteiger partial charge in [0.25, 0.3) is 0 Å². The van der Waals surface area contributed by atoms with Gasteiger partial charge in [0.05, 0.1) is 0 Å². The number of hydrogen-bond donors (Lipinski definition) is 0. The maximum atomic E-state index is 11.9. The molecule has 1 aliphatic carbocycles. The highest BCUT2D eigenvalue weighted by molar-refractivity contribution is 7.13. The van der Waals surface area contributed by atoms with E-state index in [0.717, 1.165) is 30.4 Å². The average molecular weight is 268 g/mol. The van der Waals surface area contributed by atoms with Crippen LogP contribution in [0, 0.1) is 0 Å². The predicted molar refractivity (Wildman–Crippen MR) is 81.2 cm³/mol. The number of benzene rings is 1. The zero-order valence-corrected chi connectivity index (χ0v) is 11.6. The highest BCUT2D eigenvalue weighted by atomic mass is 32.1. The van der Waals surface area contributed by atoms with Crippen LogP contribution in [0.3, 0.4) is 0 Å². The van der Waals surface area contributed by atoms with Gasteiger partial charge in [-0.25, -0.2) is 0 Å². The summed E-state index contributed by atoms with van der Waals surface area (Å²) in [4.78, 5) is 13.2. The van der Waals surface area contributed by atoms with E-state index in [4.69, 9.17) is 0 Å². The molecule has 0 aliphatic heterocycles. The zero-order valence-electron chi connectivity index (χ0n) is 10.8. The maximum absolute atomic E-state index is 11.9. The lowest BCUT2D eigenvalue weighted by molar-refractivity contribution is -0.116. The Bertz CT molecular complexity index is 608. The van der Waals surface area contributed by atoms with E-state index >= 15 is 0 Å². The van der Waals surface area contributed by atoms with Crippen molar-refractivity contribution in [3.8, 4) is 10.4 Å². The molecule has 1 aromatic heterocycles. The van der Waals surface area contributed by atoms with Crippen molar-refractivity contribution in [2.24, 2.45) is 0 Å². The SMILES string of the molecule is O=C1CCCC/C1=C\c1ccccc1-c1cccs1. The van der Waals surface area contributed by atoms with Gasteiger partial charge in [0.2, 0.25) is 0 Å². The Morgan fingerprint density at radius 3 is 2.63 bits per heavy atom. The molecule has 0 spiro atoms. The lowest BCUT2D eigenvalue weighted by atomic mass is 9.91. The summed E-state index contributed by atoms with van der Waals surface area (Å²) in [6, 6.07) is 12.5. The summed E-state index contributed by atoms with van der Waals surface area (Å²) in [6.07, 6.45) is 5.92. The van der Waals surface area contributed by atoms with Crippen molar-refractivity contribution in [2.75, 3.05) is 0 Å². The largest absolute Gasteiger partial charge is 0.295 e. The second-order valence-corrected chi connectivity index (χ2v) is 5.81.